The average molecular weight is 282 g/mol. The highest BCUT2D eigenvalue weighted by molar-refractivity contribution is 5.38. The summed E-state index contributed by atoms with van der Waals surface area (Å²) < 4.78 is 7.40. The molecule has 2 aromatic rings. The normalized spacial score (nSPS) is 17.6. The number of hydrogen-bond acceptors (Lipinski definition) is 4. The quantitative estimate of drug-likeness (QED) is 0.914. The van der Waals surface area contributed by atoms with Gasteiger partial charge in [-0.05, 0) is 24.1 Å². The van der Waals surface area contributed by atoms with Crippen molar-refractivity contribution in [2.45, 2.75) is 19.5 Å². The molecule has 1 aromatic heterocycles. The Hall–Kier alpha value is -2.32. The summed E-state index contributed by atoms with van der Waals surface area (Å²) in [5.41, 5.74) is 1.77. The Morgan fingerprint density at radius 1 is 1.43 bits per heavy atom. The predicted octanol–water partition coefficient (Wildman–Crippen LogP) is 2.40. The minimum atomic E-state index is 0.548. The summed E-state index contributed by atoms with van der Waals surface area (Å²) in [5.74, 6) is 1.55. The Balaban J connectivity index is 1.62. The van der Waals surface area contributed by atoms with Gasteiger partial charge in [-0.25, -0.2) is 4.68 Å². The second-order valence-electron chi connectivity index (χ2n) is 5.29. The highest BCUT2D eigenvalue weighted by atomic mass is 16.5. The number of hydrogen-bond donors (Lipinski definition) is 1. The maximum Gasteiger partial charge on any atom is 0.124 e. The second-order valence-corrected chi connectivity index (χ2v) is 5.29. The first-order valence-corrected chi connectivity index (χ1v) is 7.17. The smallest absolute Gasteiger partial charge is 0.124 e. The van der Waals surface area contributed by atoms with Crippen molar-refractivity contribution in [1.29, 1.82) is 5.26 Å². The van der Waals surface area contributed by atoms with Crippen LogP contribution in [-0.2, 0) is 17.8 Å². The molecule has 0 bridgehead atoms. The first-order chi connectivity index (χ1) is 10.3. The zero-order chi connectivity index (χ0) is 14.5. The molecule has 1 aromatic carbocycles. The summed E-state index contributed by atoms with van der Waals surface area (Å²) in [6, 6.07) is 11.8. The maximum atomic E-state index is 8.92. The molecule has 21 heavy (non-hydrogen) atoms. The molecule has 3 rings (SSSR count). The van der Waals surface area contributed by atoms with Crippen LogP contribution in [0.3, 0.4) is 0 Å². The fourth-order valence-electron chi connectivity index (χ4n) is 2.54. The van der Waals surface area contributed by atoms with Gasteiger partial charge in [0.05, 0.1) is 24.4 Å². The van der Waals surface area contributed by atoms with E-state index in [1.807, 2.05) is 41.2 Å². The highest BCUT2D eigenvalue weighted by Crippen LogP contribution is 2.17. The topological polar surface area (TPSA) is 62.9 Å². The Morgan fingerprint density at radius 3 is 3.19 bits per heavy atom. The summed E-state index contributed by atoms with van der Waals surface area (Å²) in [4.78, 5) is 0. The lowest BCUT2D eigenvalue weighted by Crippen LogP contribution is -2.14. The summed E-state index contributed by atoms with van der Waals surface area (Å²) in [5, 5.41) is 16.7. The molecule has 2 heterocycles. The number of anilines is 1. The summed E-state index contributed by atoms with van der Waals surface area (Å²) in [7, 11) is 0. The summed E-state index contributed by atoms with van der Waals surface area (Å²) >= 11 is 0. The Kier molecular flexibility index (Phi) is 4.17. The molecule has 1 N–H and O–H groups in total. The number of nitriles is 1. The van der Waals surface area contributed by atoms with Gasteiger partial charge in [-0.1, -0.05) is 12.1 Å². The number of rotatable bonds is 5. The zero-order valence-electron chi connectivity index (χ0n) is 11.8. The molecule has 0 saturated carbocycles. The third-order valence-electron chi connectivity index (χ3n) is 3.70. The molecule has 0 radical (unpaired) electrons. The number of nitrogens with zero attached hydrogens (tertiary/aromatic N) is 3. The standard InChI is InChI=1S/C16H18N4O/c17-9-13-2-1-3-14(8-13)10-18-16-4-6-19-20(16)11-15-5-7-21-12-15/h1-4,6,8,15,18H,5,7,10-12H2. The van der Waals surface area contributed by atoms with Crippen LogP contribution in [-0.4, -0.2) is 23.0 Å². The van der Waals surface area contributed by atoms with Gasteiger partial charge in [0.1, 0.15) is 5.82 Å². The van der Waals surface area contributed by atoms with E-state index in [2.05, 4.69) is 16.5 Å². The van der Waals surface area contributed by atoms with E-state index in [-0.39, 0.29) is 0 Å². The van der Waals surface area contributed by atoms with Gasteiger partial charge in [-0.3, -0.25) is 0 Å². The van der Waals surface area contributed by atoms with Gasteiger partial charge in [0, 0.05) is 31.7 Å². The Morgan fingerprint density at radius 2 is 2.38 bits per heavy atom. The van der Waals surface area contributed by atoms with Gasteiger partial charge in [-0.15, -0.1) is 0 Å². The molecule has 1 fully saturated rings. The molecule has 5 nitrogen and oxygen atoms in total. The van der Waals surface area contributed by atoms with E-state index in [4.69, 9.17) is 10.00 Å². The van der Waals surface area contributed by atoms with Crippen LogP contribution in [0.2, 0.25) is 0 Å². The van der Waals surface area contributed by atoms with Crippen molar-refractivity contribution in [2.75, 3.05) is 18.5 Å². The number of ether oxygens (including phenoxy) is 1. The molecule has 108 valence electrons. The Labute approximate surface area is 124 Å². The third kappa shape index (κ3) is 3.41. The van der Waals surface area contributed by atoms with Gasteiger partial charge in [-0.2, -0.15) is 10.4 Å². The fraction of sp³-hybridized carbons (Fsp3) is 0.375. The van der Waals surface area contributed by atoms with Crippen molar-refractivity contribution in [1.82, 2.24) is 9.78 Å². The molecule has 0 aliphatic carbocycles. The molecule has 1 atom stereocenters. The molecule has 1 unspecified atom stereocenters. The lowest BCUT2D eigenvalue weighted by molar-refractivity contribution is 0.181. The van der Waals surface area contributed by atoms with Gasteiger partial charge >= 0.3 is 0 Å². The van der Waals surface area contributed by atoms with E-state index in [0.29, 0.717) is 18.0 Å². The van der Waals surface area contributed by atoms with Crippen molar-refractivity contribution in [2.24, 2.45) is 5.92 Å². The lowest BCUT2D eigenvalue weighted by Gasteiger charge is -2.13. The van der Waals surface area contributed by atoms with Crippen LogP contribution in [0.1, 0.15) is 17.5 Å². The van der Waals surface area contributed by atoms with E-state index in [1.54, 1.807) is 0 Å². The molecule has 0 spiro atoms. The fourth-order valence-corrected chi connectivity index (χ4v) is 2.54. The largest absolute Gasteiger partial charge is 0.381 e. The summed E-state index contributed by atoms with van der Waals surface area (Å²) in [6.07, 6.45) is 2.91. The van der Waals surface area contributed by atoms with Crippen LogP contribution in [0.4, 0.5) is 5.82 Å². The maximum absolute atomic E-state index is 8.92. The van der Waals surface area contributed by atoms with Gasteiger partial charge < -0.3 is 10.1 Å². The van der Waals surface area contributed by atoms with Crippen molar-refractivity contribution in [3.63, 3.8) is 0 Å². The minimum absolute atomic E-state index is 0.548. The van der Waals surface area contributed by atoms with Gasteiger partial charge in [0.15, 0.2) is 0 Å². The number of nitrogens with one attached hydrogen (secondary N) is 1. The van der Waals surface area contributed by atoms with E-state index < -0.39 is 0 Å². The first-order valence-electron chi connectivity index (χ1n) is 7.17. The Bertz CT molecular complexity index is 638. The molecular weight excluding hydrogens is 264 g/mol. The van der Waals surface area contributed by atoms with Gasteiger partial charge in [0.25, 0.3) is 0 Å². The molecular formula is C16H18N4O. The molecule has 1 saturated heterocycles. The SMILES string of the molecule is N#Cc1cccc(CNc2ccnn2CC2CCOC2)c1. The summed E-state index contributed by atoms with van der Waals surface area (Å²) in [6.45, 7) is 3.25. The van der Waals surface area contributed by atoms with Crippen molar-refractivity contribution in [3.8, 4) is 6.07 Å². The van der Waals surface area contributed by atoms with E-state index in [0.717, 1.165) is 37.6 Å². The van der Waals surface area contributed by atoms with E-state index in [9.17, 15) is 0 Å². The van der Waals surface area contributed by atoms with E-state index in [1.165, 1.54) is 0 Å². The predicted molar refractivity (Wildman–Crippen MR) is 79.6 cm³/mol. The van der Waals surface area contributed by atoms with Crippen molar-refractivity contribution in [3.05, 3.63) is 47.7 Å². The molecule has 0 amide bonds. The minimum Gasteiger partial charge on any atom is -0.381 e. The van der Waals surface area contributed by atoms with Crippen LogP contribution in [0, 0.1) is 17.2 Å². The average Bonchev–Trinajstić information content (AvgIpc) is 3.18. The molecule has 1 aliphatic heterocycles. The van der Waals surface area contributed by atoms with Crippen molar-refractivity contribution >= 4 is 5.82 Å². The highest BCUT2D eigenvalue weighted by Gasteiger charge is 2.17. The number of aromatic nitrogens is 2. The van der Waals surface area contributed by atoms with E-state index >= 15 is 0 Å². The van der Waals surface area contributed by atoms with Crippen LogP contribution in [0.15, 0.2) is 36.5 Å². The second kappa shape index (κ2) is 6.42. The first kappa shape index (κ1) is 13.7. The van der Waals surface area contributed by atoms with Crippen LogP contribution >= 0.6 is 0 Å². The molecule has 1 aliphatic rings. The third-order valence-corrected chi connectivity index (χ3v) is 3.70. The molecule has 5 heteroatoms. The lowest BCUT2D eigenvalue weighted by atomic mass is 10.1. The van der Waals surface area contributed by atoms with Crippen LogP contribution < -0.4 is 5.32 Å². The van der Waals surface area contributed by atoms with Crippen LogP contribution in [0.25, 0.3) is 0 Å². The monoisotopic (exact) mass is 282 g/mol. The van der Waals surface area contributed by atoms with Gasteiger partial charge in [0.2, 0.25) is 0 Å². The van der Waals surface area contributed by atoms with Crippen molar-refractivity contribution < 1.29 is 4.74 Å². The zero-order valence-corrected chi connectivity index (χ0v) is 11.8. The van der Waals surface area contributed by atoms with Crippen LogP contribution in [0.5, 0.6) is 0 Å². The number of benzene rings is 1.